The zero-order valence-electron chi connectivity index (χ0n) is 15.7. The van der Waals surface area contributed by atoms with E-state index in [1.807, 2.05) is 25.1 Å². The van der Waals surface area contributed by atoms with E-state index in [1.54, 1.807) is 37.4 Å². The average molecular weight is 398 g/mol. The molecule has 0 saturated carbocycles. The van der Waals surface area contributed by atoms with Crippen molar-refractivity contribution in [2.45, 2.75) is 6.92 Å². The Kier molecular flexibility index (Phi) is 6.01. The van der Waals surface area contributed by atoms with Crippen LogP contribution in [0.1, 0.15) is 15.9 Å². The lowest BCUT2D eigenvalue weighted by molar-refractivity contribution is 0.102. The molecule has 3 rings (SSSR count). The molecule has 1 heterocycles. The van der Waals surface area contributed by atoms with Crippen molar-refractivity contribution in [1.29, 1.82) is 0 Å². The molecule has 144 valence electrons. The minimum atomic E-state index is -0.301. The largest absolute Gasteiger partial charge is 0.497 e. The van der Waals surface area contributed by atoms with Crippen molar-refractivity contribution in [1.82, 2.24) is 4.98 Å². The first-order chi connectivity index (χ1) is 13.5. The summed E-state index contributed by atoms with van der Waals surface area (Å²) >= 11 is 6.04. The second-order valence-corrected chi connectivity index (χ2v) is 6.47. The topological polar surface area (TPSA) is 72.5 Å². The number of pyridine rings is 1. The van der Waals surface area contributed by atoms with E-state index in [9.17, 15) is 4.79 Å². The minimum Gasteiger partial charge on any atom is -0.497 e. The van der Waals surface area contributed by atoms with Gasteiger partial charge in [0.05, 0.1) is 25.5 Å². The summed E-state index contributed by atoms with van der Waals surface area (Å²) in [6.07, 6.45) is 1.50. The van der Waals surface area contributed by atoms with Gasteiger partial charge >= 0.3 is 0 Å². The van der Waals surface area contributed by atoms with Crippen LogP contribution in [0.5, 0.6) is 11.5 Å². The number of nitrogens with one attached hydrogen (secondary N) is 2. The number of hydrogen-bond acceptors (Lipinski definition) is 5. The molecule has 28 heavy (non-hydrogen) atoms. The molecule has 3 aromatic rings. The monoisotopic (exact) mass is 397 g/mol. The fourth-order valence-corrected chi connectivity index (χ4v) is 2.75. The van der Waals surface area contributed by atoms with Crippen LogP contribution >= 0.6 is 11.6 Å². The van der Waals surface area contributed by atoms with Crippen LogP contribution in [0.3, 0.4) is 0 Å². The summed E-state index contributed by atoms with van der Waals surface area (Å²) in [4.78, 5) is 16.9. The molecule has 1 amide bonds. The van der Waals surface area contributed by atoms with Gasteiger partial charge in [0.2, 0.25) is 0 Å². The maximum absolute atomic E-state index is 12.6. The maximum Gasteiger partial charge on any atom is 0.257 e. The number of ether oxygens (including phenoxy) is 2. The number of methoxy groups -OCH3 is 2. The first-order valence-corrected chi connectivity index (χ1v) is 8.90. The Labute approximate surface area is 168 Å². The predicted octanol–water partition coefficient (Wildman–Crippen LogP) is 5.06. The van der Waals surface area contributed by atoms with E-state index < -0.39 is 0 Å². The van der Waals surface area contributed by atoms with Gasteiger partial charge in [0.25, 0.3) is 5.91 Å². The smallest absolute Gasteiger partial charge is 0.257 e. The lowest BCUT2D eigenvalue weighted by atomic mass is 10.2. The molecule has 7 heteroatoms. The summed E-state index contributed by atoms with van der Waals surface area (Å²) in [7, 11) is 3.10. The van der Waals surface area contributed by atoms with E-state index in [0.29, 0.717) is 33.6 Å². The second kappa shape index (κ2) is 8.63. The summed E-state index contributed by atoms with van der Waals surface area (Å²) in [5.41, 5.74) is 2.83. The highest BCUT2D eigenvalue weighted by molar-refractivity contribution is 6.30. The van der Waals surface area contributed by atoms with Gasteiger partial charge in [0.15, 0.2) is 0 Å². The van der Waals surface area contributed by atoms with Gasteiger partial charge in [-0.05, 0) is 48.9 Å². The molecule has 0 unspecified atom stereocenters. The van der Waals surface area contributed by atoms with Crippen LogP contribution in [0.4, 0.5) is 17.2 Å². The standard InChI is InChI=1S/C21H20ClN3O3/c1-13-4-6-15(22)10-17(13)24-20-9-5-14(12-23-20)21(26)25-18-11-16(27-2)7-8-19(18)28-3/h4-12H,1-3H3,(H,23,24)(H,25,26). The Morgan fingerprint density at radius 1 is 1.00 bits per heavy atom. The van der Waals surface area contributed by atoms with Crippen molar-refractivity contribution in [3.63, 3.8) is 0 Å². The van der Waals surface area contributed by atoms with Gasteiger partial charge in [-0.1, -0.05) is 17.7 Å². The summed E-state index contributed by atoms with van der Waals surface area (Å²) in [6.45, 7) is 1.97. The number of hydrogen-bond donors (Lipinski definition) is 2. The zero-order valence-corrected chi connectivity index (χ0v) is 16.5. The van der Waals surface area contributed by atoms with Gasteiger partial charge in [-0.25, -0.2) is 4.98 Å². The van der Waals surface area contributed by atoms with E-state index in [2.05, 4.69) is 15.6 Å². The third-order valence-corrected chi connectivity index (χ3v) is 4.38. The number of anilines is 3. The molecular formula is C21H20ClN3O3. The lowest BCUT2D eigenvalue weighted by Crippen LogP contribution is -2.13. The molecule has 0 saturated heterocycles. The number of nitrogens with zero attached hydrogens (tertiary/aromatic N) is 1. The van der Waals surface area contributed by atoms with Crippen LogP contribution in [0.15, 0.2) is 54.7 Å². The molecule has 0 spiro atoms. The van der Waals surface area contributed by atoms with Gasteiger partial charge in [0.1, 0.15) is 17.3 Å². The van der Waals surface area contributed by atoms with Crippen LogP contribution in [-0.4, -0.2) is 25.1 Å². The molecule has 0 bridgehead atoms. The molecule has 0 aliphatic rings. The van der Waals surface area contributed by atoms with Crippen LogP contribution in [0.2, 0.25) is 5.02 Å². The number of benzene rings is 2. The van der Waals surface area contributed by atoms with Gasteiger partial charge in [-0.15, -0.1) is 0 Å². The quantitative estimate of drug-likeness (QED) is 0.608. The SMILES string of the molecule is COc1ccc(OC)c(NC(=O)c2ccc(Nc3cc(Cl)ccc3C)nc2)c1. The van der Waals surface area contributed by atoms with E-state index in [-0.39, 0.29) is 5.91 Å². The first-order valence-electron chi connectivity index (χ1n) is 8.53. The van der Waals surface area contributed by atoms with Gasteiger partial charge in [0, 0.05) is 23.0 Å². The molecule has 0 aliphatic carbocycles. The number of aryl methyl sites for hydroxylation is 1. The zero-order chi connectivity index (χ0) is 20.1. The van der Waals surface area contributed by atoms with Crippen molar-refractivity contribution in [2.75, 3.05) is 24.9 Å². The summed E-state index contributed by atoms with van der Waals surface area (Å²) < 4.78 is 10.5. The molecular weight excluding hydrogens is 378 g/mol. The van der Waals surface area contributed by atoms with Gasteiger partial charge < -0.3 is 20.1 Å². The number of rotatable bonds is 6. The normalized spacial score (nSPS) is 10.3. The molecule has 0 aliphatic heterocycles. The third-order valence-electron chi connectivity index (χ3n) is 4.14. The second-order valence-electron chi connectivity index (χ2n) is 6.04. The first kappa shape index (κ1) is 19.5. The maximum atomic E-state index is 12.6. The highest BCUT2D eigenvalue weighted by atomic mass is 35.5. The number of carbonyl (C=O) groups is 1. The Morgan fingerprint density at radius 2 is 1.82 bits per heavy atom. The van der Waals surface area contributed by atoms with Crippen LogP contribution < -0.4 is 20.1 Å². The highest BCUT2D eigenvalue weighted by Gasteiger charge is 2.12. The summed E-state index contributed by atoms with van der Waals surface area (Å²) in [5.74, 6) is 1.47. The van der Waals surface area contributed by atoms with Crippen LogP contribution in [0.25, 0.3) is 0 Å². The highest BCUT2D eigenvalue weighted by Crippen LogP contribution is 2.29. The summed E-state index contributed by atoms with van der Waals surface area (Å²) in [6, 6.07) is 14.2. The lowest BCUT2D eigenvalue weighted by Gasteiger charge is -2.12. The predicted molar refractivity (Wildman–Crippen MR) is 111 cm³/mol. The van der Waals surface area contributed by atoms with Crippen LogP contribution in [0, 0.1) is 6.92 Å². The average Bonchev–Trinajstić information content (AvgIpc) is 2.71. The Bertz CT molecular complexity index is 991. The van der Waals surface area contributed by atoms with E-state index in [4.69, 9.17) is 21.1 Å². The fourth-order valence-electron chi connectivity index (χ4n) is 2.58. The van der Waals surface area contributed by atoms with Crippen LogP contribution in [-0.2, 0) is 0 Å². The van der Waals surface area contributed by atoms with E-state index in [0.717, 1.165) is 11.3 Å². The van der Waals surface area contributed by atoms with E-state index in [1.165, 1.54) is 13.3 Å². The van der Waals surface area contributed by atoms with Crippen molar-refractivity contribution in [2.24, 2.45) is 0 Å². The van der Waals surface area contributed by atoms with Crippen molar-refractivity contribution in [3.8, 4) is 11.5 Å². The number of carbonyl (C=O) groups excluding carboxylic acids is 1. The van der Waals surface area contributed by atoms with Crippen molar-refractivity contribution < 1.29 is 14.3 Å². The number of halogens is 1. The molecule has 0 radical (unpaired) electrons. The Morgan fingerprint density at radius 3 is 2.50 bits per heavy atom. The molecule has 0 fully saturated rings. The fraction of sp³-hybridized carbons (Fsp3) is 0.143. The van der Waals surface area contributed by atoms with E-state index >= 15 is 0 Å². The number of amides is 1. The van der Waals surface area contributed by atoms with Crippen molar-refractivity contribution >= 4 is 34.7 Å². The summed E-state index contributed by atoms with van der Waals surface area (Å²) in [5, 5.41) is 6.65. The van der Waals surface area contributed by atoms with Gasteiger partial charge in [-0.2, -0.15) is 0 Å². The van der Waals surface area contributed by atoms with Crippen molar-refractivity contribution in [3.05, 3.63) is 70.9 Å². The molecule has 6 nitrogen and oxygen atoms in total. The van der Waals surface area contributed by atoms with Gasteiger partial charge in [-0.3, -0.25) is 4.79 Å². The minimum absolute atomic E-state index is 0.301. The Hall–Kier alpha value is -3.25. The number of aromatic nitrogens is 1. The third kappa shape index (κ3) is 4.53. The molecule has 2 N–H and O–H groups in total. The molecule has 1 aromatic heterocycles. The Balaban J connectivity index is 1.74. The molecule has 2 aromatic carbocycles. The molecule has 0 atom stereocenters.